The first-order valence-electron chi connectivity index (χ1n) is 6.27. The minimum atomic E-state index is -0.275. The molecule has 0 spiro atoms. The fourth-order valence-corrected chi connectivity index (χ4v) is 2.10. The molecule has 0 aliphatic heterocycles. The Morgan fingerprint density at radius 1 is 1.38 bits per heavy atom. The second-order valence-corrected chi connectivity index (χ2v) is 4.60. The molecular formula is C12H24FN3. The Labute approximate surface area is 97.9 Å². The number of nitrogens with zero attached hydrogens (tertiary/aromatic N) is 1. The number of rotatable bonds is 6. The van der Waals surface area contributed by atoms with E-state index < -0.39 is 0 Å². The van der Waals surface area contributed by atoms with Crippen molar-refractivity contribution in [1.29, 1.82) is 0 Å². The lowest BCUT2D eigenvalue weighted by molar-refractivity contribution is 0.131. The Kier molecular flexibility index (Phi) is 5.56. The zero-order valence-corrected chi connectivity index (χ0v) is 10.5. The van der Waals surface area contributed by atoms with Crippen LogP contribution in [0.3, 0.4) is 0 Å². The molecule has 1 rings (SSSR count). The molecule has 0 unspecified atom stereocenters. The third-order valence-corrected chi connectivity index (χ3v) is 3.62. The summed E-state index contributed by atoms with van der Waals surface area (Å²) in [5, 5.41) is 6.45. The van der Waals surface area contributed by atoms with Crippen LogP contribution in [0.25, 0.3) is 0 Å². The van der Waals surface area contributed by atoms with Crippen molar-refractivity contribution >= 4 is 5.96 Å². The molecule has 94 valence electrons. The number of nitrogens with one attached hydrogen (secondary N) is 2. The van der Waals surface area contributed by atoms with Crippen molar-refractivity contribution in [3.8, 4) is 0 Å². The van der Waals surface area contributed by atoms with E-state index in [0.717, 1.165) is 12.5 Å². The first-order valence-corrected chi connectivity index (χ1v) is 6.27. The molecule has 1 aliphatic carbocycles. The van der Waals surface area contributed by atoms with E-state index in [1.54, 1.807) is 7.05 Å². The second-order valence-electron chi connectivity index (χ2n) is 4.60. The molecule has 0 bridgehead atoms. The minimum Gasteiger partial charge on any atom is -0.356 e. The molecule has 1 saturated carbocycles. The maximum atomic E-state index is 11.9. The maximum absolute atomic E-state index is 11.9. The third-order valence-electron chi connectivity index (χ3n) is 3.62. The summed E-state index contributed by atoms with van der Waals surface area (Å²) in [7, 11) is 1.75. The molecule has 0 heterocycles. The molecule has 0 saturated heterocycles. The van der Waals surface area contributed by atoms with Gasteiger partial charge >= 0.3 is 0 Å². The summed E-state index contributed by atoms with van der Waals surface area (Å²) in [6.45, 7) is 3.61. The van der Waals surface area contributed by atoms with Gasteiger partial charge in [-0.15, -0.1) is 0 Å². The molecule has 1 fully saturated rings. The lowest BCUT2D eigenvalue weighted by Gasteiger charge is -2.41. The van der Waals surface area contributed by atoms with Crippen LogP contribution in [0, 0.1) is 5.41 Å². The van der Waals surface area contributed by atoms with E-state index in [9.17, 15) is 4.39 Å². The van der Waals surface area contributed by atoms with Crippen LogP contribution in [0.5, 0.6) is 0 Å². The van der Waals surface area contributed by atoms with Crippen LogP contribution in [0.4, 0.5) is 4.39 Å². The monoisotopic (exact) mass is 229 g/mol. The summed E-state index contributed by atoms with van der Waals surface area (Å²) in [6.07, 6.45) is 5.75. The lowest BCUT2D eigenvalue weighted by Crippen LogP contribution is -2.46. The molecule has 0 aromatic carbocycles. The van der Waals surface area contributed by atoms with Gasteiger partial charge in [0.15, 0.2) is 5.96 Å². The van der Waals surface area contributed by atoms with Gasteiger partial charge in [-0.2, -0.15) is 0 Å². The summed E-state index contributed by atoms with van der Waals surface area (Å²) in [6, 6.07) is 0. The average molecular weight is 229 g/mol. The standard InChI is InChI=1S/C12H24FN3/c1-3-12(6-4-7-12)10-16-11(14-2)15-9-5-8-13/h3-10H2,1-2H3,(H2,14,15,16). The van der Waals surface area contributed by atoms with Crippen molar-refractivity contribution < 1.29 is 4.39 Å². The van der Waals surface area contributed by atoms with Crippen LogP contribution in [-0.2, 0) is 0 Å². The van der Waals surface area contributed by atoms with Crippen molar-refractivity contribution in [2.75, 3.05) is 26.8 Å². The first kappa shape index (κ1) is 13.3. The Morgan fingerprint density at radius 2 is 2.12 bits per heavy atom. The molecule has 1 aliphatic rings. The topological polar surface area (TPSA) is 36.4 Å². The normalized spacial score (nSPS) is 19.1. The number of halogens is 1. The van der Waals surface area contributed by atoms with Crippen molar-refractivity contribution in [1.82, 2.24) is 10.6 Å². The lowest BCUT2D eigenvalue weighted by atomic mass is 9.67. The molecule has 0 radical (unpaired) electrons. The van der Waals surface area contributed by atoms with Gasteiger partial charge in [0.05, 0.1) is 6.67 Å². The SMILES string of the molecule is CCC1(CNC(=NC)NCCCF)CCC1. The van der Waals surface area contributed by atoms with Gasteiger partial charge < -0.3 is 10.6 Å². The van der Waals surface area contributed by atoms with Gasteiger partial charge in [-0.05, 0) is 31.1 Å². The highest BCUT2D eigenvalue weighted by molar-refractivity contribution is 5.79. The minimum absolute atomic E-state index is 0.275. The average Bonchev–Trinajstić information content (AvgIpc) is 2.26. The molecule has 0 amide bonds. The molecule has 16 heavy (non-hydrogen) atoms. The van der Waals surface area contributed by atoms with E-state index in [2.05, 4.69) is 22.5 Å². The molecule has 0 aromatic heterocycles. The molecule has 2 N–H and O–H groups in total. The highest BCUT2D eigenvalue weighted by Crippen LogP contribution is 2.42. The molecule has 4 heteroatoms. The molecule has 0 aromatic rings. The van der Waals surface area contributed by atoms with Crippen molar-refractivity contribution in [3.63, 3.8) is 0 Å². The summed E-state index contributed by atoms with van der Waals surface area (Å²) < 4.78 is 11.9. The van der Waals surface area contributed by atoms with Gasteiger partial charge in [-0.1, -0.05) is 13.3 Å². The summed E-state index contributed by atoms with van der Waals surface area (Å²) in [5.41, 5.74) is 0.484. The Morgan fingerprint density at radius 3 is 2.56 bits per heavy atom. The van der Waals surface area contributed by atoms with Gasteiger partial charge in [-0.25, -0.2) is 0 Å². The Balaban J connectivity index is 2.23. The largest absolute Gasteiger partial charge is 0.356 e. The summed E-state index contributed by atoms with van der Waals surface area (Å²) in [5.74, 6) is 0.799. The zero-order valence-electron chi connectivity index (χ0n) is 10.5. The fraction of sp³-hybridized carbons (Fsp3) is 0.917. The zero-order chi connectivity index (χ0) is 11.9. The van der Waals surface area contributed by atoms with Gasteiger partial charge in [0.1, 0.15) is 0 Å². The van der Waals surface area contributed by atoms with Crippen molar-refractivity contribution in [3.05, 3.63) is 0 Å². The van der Waals surface area contributed by atoms with Crippen LogP contribution in [0.2, 0.25) is 0 Å². The van der Waals surface area contributed by atoms with Crippen LogP contribution in [0.1, 0.15) is 39.0 Å². The first-order chi connectivity index (χ1) is 7.76. The van der Waals surface area contributed by atoms with Crippen molar-refractivity contribution in [2.45, 2.75) is 39.0 Å². The predicted molar refractivity (Wildman–Crippen MR) is 66.5 cm³/mol. The highest BCUT2D eigenvalue weighted by Gasteiger charge is 2.34. The number of hydrogen-bond acceptors (Lipinski definition) is 1. The van der Waals surface area contributed by atoms with E-state index in [0.29, 0.717) is 18.4 Å². The second kappa shape index (κ2) is 6.71. The van der Waals surface area contributed by atoms with Crippen LogP contribution < -0.4 is 10.6 Å². The van der Waals surface area contributed by atoms with Crippen LogP contribution in [-0.4, -0.2) is 32.8 Å². The molecule has 3 nitrogen and oxygen atoms in total. The van der Waals surface area contributed by atoms with Crippen LogP contribution >= 0.6 is 0 Å². The maximum Gasteiger partial charge on any atom is 0.190 e. The van der Waals surface area contributed by atoms with Gasteiger partial charge in [0.2, 0.25) is 0 Å². The van der Waals surface area contributed by atoms with Crippen molar-refractivity contribution in [2.24, 2.45) is 10.4 Å². The van der Waals surface area contributed by atoms with E-state index >= 15 is 0 Å². The predicted octanol–water partition coefficient (Wildman–Crippen LogP) is 2.09. The van der Waals surface area contributed by atoms with E-state index in [1.807, 2.05) is 0 Å². The summed E-state index contributed by atoms with van der Waals surface area (Å²) >= 11 is 0. The quantitative estimate of drug-likeness (QED) is 0.416. The summed E-state index contributed by atoms with van der Waals surface area (Å²) in [4.78, 5) is 4.13. The Hall–Kier alpha value is -0.800. The van der Waals surface area contributed by atoms with Gasteiger partial charge in [0, 0.05) is 20.1 Å². The van der Waals surface area contributed by atoms with Gasteiger partial charge in [-0.3, -0.25) is 9.38 Å². The number of aliphatic imine (C=N–C) groups is 1. The smallest absolute Gasteiger partial charge is 0.190 e. The van der Waals surface area contributed by atoms with Gasteiger partial charge in [0.25, 0.3) is 0 Å². The van der Waals surface area contributed by atoms with E-state index in [4.69, 9.17) is 0 Å². The number of hydrogen-bond donors (Lipinski definition) is 2. The number of alkyl halides is 1. The number of guanidine groups is 1. The fourth-order valence-electron chi connectivity index (χ4n) is 2.10. The third kappa shape index (κ3) is 3.65. The molecule has 0 atom stereocenters. The molecular weight excluding hydrogens is 205 g/mol. The Bertz CT molecular complexity index is 219. The van der Waals surface area contributed by atoms with Crippen LogP contribution in [0.15, 0.2) is 4.99 Å². The van der Waals surface area contributed by atoms with E-state index in [1.165, 1.54) is 25.7 Å². The highest BCUT2D eigenvalue weighted by atomic mass is 19.1. The van der Waals surface area contributed by atoms with E-state index in [-0.39, 0.29) is 6.67 Å².